The topological polar surface area (TPSA) is 155 Å². The van der Waals surface area contributed by atoms with E-state index in [9.17, 15) is 19.5 Å². The molecule has 2 aromatic carbocycles. The number of nitrogens with one attached hydrogen (secondary N) is 3. The third-order valence-corrected chi connectivity index (χ3v) is 7.73. The summed E-state index contributed by atoms with van der Waals surface area (Å²) in [5, 5.41) is 18.6. The van der Waals surface area contributed by atoms with Crippen LogP contribution in [-0.2, 0) is 16.1 Å². The van der Waals surface area contributed by atoms with Gasteiger partial charge in [0.25, 0.3) is 5.91 Å². The number of amides is 2. The first-order valence-electron chi connectivity index (χ1n) is 14.5. The molecule has 1 atom stereocenters. The number of hydrogen-bond acceptors (Lipinski definition) is 9. The van der Waals surface area contributed by atoms with E-state index in [2.05, 4.69) is 30.8 Å². The lowest BCUT2D eigenvalue weighted by Gasteiger charge is -2.44. The fourth-order valence-corrected chi connectivity index (χ4v) is 5.09. The number of carboxylic acids is 1. The highest BCUT2D eigenvalue weighted by atomic mass is 16.5. The maximum absolute atomic E-state index is 13.6. The third-order valence-electron chi connectivity index (χ3n) is 7.73. The van der Waals surface area contributed by atoms with Crippen LogP contribution in [0, 0.1) is 5.41 Å². The zero-order valence-corrected chi connectivity index (χ0v) is 25.5. The Labute approximate surface area is 257 Å². The summed E-state index contributed by atoms with van der Waals surface area (Å²) in [6.07, 6.45) is 3.70. The van der Waals surface area contributed by atoms with Crippen molar-refractivity contribution in [1.29, 1.82) is 0 Å². The van der Waals surface area contributed by atoms with Gasteiger partial charge in [-0.3, -0.25) is 14.9 Å². The monoisotopic (exact) mass is 604 g/mol. The van der Waals surface area contributed by atoms with Gasteiger partial charge in [0.05, 0.1) is 19.2 Å². The van der Waals surface area contributed by atoms with Gasteiger partial charge in [-0.25, -0.2) is 14.8 Å². The summed E-state index contributed by atoms with van der Waals surface area (Å²) in [4.78, 5) is 49.2. The quantitative estimate of drug-likeness (QED) is 0.231. The van der Waals surface area contributed by atoms with Crippen LogP contribution in [0.15, 0.2) is 67.0 Å². The normalized spacial score (nSPS) is 15.0. The number of benzene rings is 2. The van der Waals surface area contributed by atoms with Crippen molar-refractivity contribution in [3.05, 3.63) is 78.1 Å². The molecule has 0 bridgehead atoms. The summed E-state index contributed by atoms with van der Waals surface area (Å²) in [5.41, 5.74) is -0.729. The number of rotatable bonds is 11. The van der Waals surface area contributed by atoms with E-state index in [1.165, 1.54) is 7.11 Å². The largest absolute Gasteiger partial charge is 0.495 e. The fourth-order valence-electron chi connectivity index (χ4n) is 5.09. The number of aromatic nitrogens is 2. The van der Waals surface area contributed by atoms with Gasteiger partial charge in [0.2, 0.25) is 5.95 Å². The Hall–Kier alpha value is -4.87. The molecule has 234 valence electrons. The molecule has 0 radical (unpaired) electrons. The number of hydrogen-bond donors (Lipinski definition) is 4. The lowest BCUT2D eigenvalue weighted by atomic mass is 9.77. The Bertz CT molecular complexity index is 1420. The molecule has 0 saturated carbocycles. The fraction of sp³-hybridized carbons (Fsp3) is 0.406. The molecule has 44 heavy (non-hydrogen) atoms. The standard InChI is InChI=1S/C32H40N6O6/c1-31(2,3)32(20-27(39)40,37-30(42)44-21-22-9-6-5-7-10-22)36-28(41)23-11-12-25(26(19-23)43-4)38-17-13-24(14-18-38)35-29-33-15-8-16-34-29/h5-12,15-16,19,24H,13-14,17-18,20-21H2,1-4H3,(H,36,41)(H,37,42)(H,39,40)(H,33,34,35). The zero-order valence-electron chi connectivity index (χ0n) is 25.5. The molecule has 1 aliphatic heterocycles. The number of methoxy groups -OCH3 is 1. The van der Waals surface area contributed by atoms with Gasteiger partial charge in [0.1, 0.15) is 18.0 Å². The summed E-state index contributed by atoms with van der Waals surface area (Å²) in [6.45, 7) is 6.71. The van der Waals surface area contributed by atoms with E-state index in [4.69, 9.17) is 9.47 Å². The van der Waals surface area contributed by atoms with Crippen molar-refractivity contribution in [1.82, 2.24) is 20.6 Å². The molecule has 2 amide bonds. The molecular formula is C32H40N6O6. The van der Waals surface area contributed by atoms with Crippen molar-refractivity contribution in [2.45, 2.75) is 58.3 Å². The van der Waals surface area contributed by atoms with E-state index in [1.807, 2.05) is 24.3 Å². The average Bonchev–Trinajstić information content (AvgIpc) is 3.00. The van der Waals surface area contributed by atoms with Crippen molar-refractivity contribution in [2.24, 2.45) is 5.41 Å². The molecule has 4 rings (SSSR count). The highest BCUT2D eigenvalue weighted by Crippen LogP contribution is 2.34. The number of anilines is 2. The summed E-state index contributed by atoms with van der Waals surface area (Å²) in [6, 6.07) is 16.2. The summed E-state index contributed by atoms with van der Waals surface area (Å²) < 4.78 is 11.0. The van der Waals surface area contributed by atoms with Crippen molar-refractivity contribution < 1.29 is 29.0 Å². The maximum Gasteiger partial charge on any atom is 0.409 e. The lowest BCUT2D eigenvalue weighted by Crippen LogP contribution is -2.68. The zero-order chi connectivity index (χ0) is 31.7. The van der Waals surface area contributed by atoms with Crippen molar-refractivity contribution in [3.63, 3.8) is 0 Å². The van der Waals surface area contributed by atoms with Crippen LogP contribution in [0.5, 0.6) is 5.75 Å². The van der Waals surface area contributed by atoms with Crippen LogP contribution >= 0.6 is 0 Å². The number of aliphatic carboxylic acids is 1. The number of alkyl carbamates (subject to hydrolysis) is 1. The summed E-state index contributed by atoms with van der Waals surface area (Å²) in [7, 11) is 1.54. The predicted octanol–water partition coefficient (Wildman–Crippen LogP) is 4.44. The lowest BCUT2D eigenvalue weighted by molar-refractivity contribution is -0.140. The van der Waals surface area contributed by atoms with Gasteiger partial charge in [-0.1, -0.05) is 51.1 Å². The first-order chi connectivity index (χ1) is 21.0. The molecule has 1 aromatic heterocycles. The van der Waals surface area contributed by atoms with E-state index in [-0.39, 0.29) is 18.2 Å². The Kier molecular flexibility index (Phi) is 10.2. The van der Waals surface area contributed by atoms with E-state index in [1.54, 1.807) is 63.5 Å². The maximum atomic E-state index is 13.6. The van der Waals surface area contributed by atoms with E-state index >= 15 is 0 Å². The average molecular weight is 605 g/mol. The van der Waals surface area contributed by atoms with Crippen molar-refractivity contribution in [2.75, 3.05) is 30.4 Å². The Morgan fingerprint density at radius 1 is 0.977 bits per heavy atom. The highest BCUT2D eigenvalue weighted by molar-refractivity contribution is 5.96. The Balaban J connectivity index is 1.47. The number of carbonyl (C=O) groups is 3. The van der Waals surface area contributed by atoms with Gasteiger partial charge < -0.3 is 30.1 Å². The molecule has 0 spiro atoms. The molecule has 0 aliphatic carbocycles. The van der Waals surface area contributed by atoms with E-state index < -0.39 is 35.5 Å². The van der Waals surface area contributed by atoms with Gasteiger partial charge in [-0.15, -0.1) is 0 Å². The number of ether oxygens (including phenoxy) is 2. The minimum absolute atomic E-state index is 0.0140. The second-order valence-corrected chi connectivity index (χ2v) is 11.7. The van der Waals surface area contributed by atoms with E-state index in [0.29, 0.717) is 11.7 Å². The SMILES string of the molecule is COc1cc(C(=O)NC(CC(=O)O)(NC(=O)OCc2ccccc2)C(C)(C)C)ccc1N1CCC(Nc2ncccn2)CC1. The van der Waals surface area contributed by atoms with Crippen LogP contribution in [0.3, 0.4) is 0 Å². The Morgan fingerprint density at radius 2 is 1.66 bits per heavy atom. The second kappa shape index (κ2) is 14.1. The number of piperidine rings is 1. The molecule has 3 aromatic rings. The van der Waals surface area contributed by atoms with Gasteiger partial charge in [-0.05, 0) is 42.7 Å². The van der Waals surface area contributed by atoms with Crippen LogP contribution < -0.4 is 25.6 Å². The van der Waals surface area contributed by atoms with Crippen molar-refractivity contribution in [3.8, 4) is 5.75 Å². The molecule has 1 unspecified atom stereocenters. The van der Waals surface area contributed by atoms with Gasteiger partial charge in [-0.2, -0.15) is 0 Å². The minimum Gasteiger partial charge on any atom is -0.495 e. The van der Waals surface area contributed by atoms with Crippen LogP contribution in [0.25, 0.3) is 0 Å². The second-order valence-electron chi connectivity index (χ2n) is 11.7. The molecule has 2 heterocycles. The summed E-state index contributed by atoms with van der Waals surface area (Å²) in [5.74, 6) is -0.661. The van der Waals surface area contributed by atoms with E-state index in [0.717, 1.165) is 37.2 Å². The molecule has 12 heteroatoms. The van der Waals surface area contributed by atoms with Crippen molar-refractivity contribution >= 4 is 29.6 Å². The van der Waals surface area contributed by atoms with Crippen LogP contribution in [0.2, 0.25) is 0 Å². The molecule has 1 aliphatic rings. The molecule has 12 nitrogen and oxygen atoms in total. The molecule has 1 saturated heterocycles. The first kappa shape index (κ1) is 32.1. The molecular weight excluding hydrogens is 564 g/mol. The first-order valence-corrected chi connectivity index (χ1v) is 14.5. The van der Waals surface area contributed by atoms with Gasteiger partial charge >= 0.3 is 12.1 Å². The Morgan fingerprint density at radius 3 is 2.27 bits per heavy atom. The third kappa shape index (κ3) is 8.15. The molecule has 4 N–H and O–H groups in total. The highest BCUT2D eigenvalue weighted by Gasteiger charge is 2.47. The summed E-state index contributed by atoms with van der Waals surface area (Å²) >= 11 is 0. The van der Waals surface area contributed by atoms with Crippen LogP contribution in [0.1, 0.15) is 56.0 Å². The van der Waals surface area contributed by atoms with Crippen LogP contribution in [0.4, 0.5) is 16.4 Å². The number of carboxylic acid groups (broad SMARTS) is 1. The number of nitrogens with zero attached hydrogens (tertiary/aromatic N) is 3. The minimum atomic E-state index is -1.67. The number of carbonyl (C=O) groups excluding carboxylic acids is 2. The van der Waals surface area contributed by atoms with Gasteiger partial charge in [0.15, 0.2) is 0 Å². The predicted molar refractivity (Wildman–Crippen MR) is 166 cm³/mol. The molecule has 1 fully saturated rings. The van der Waals surface area contributed by atoms with Gasteiger partial charge in [0, 0.05) is 42.5 Å². The van der Waals surface area contributed by atoms with Crippen LogP contribution in [-0.4, -0.2) is 64.9 Å². The smallest absolute Gasteiger partial charge is 0.409 e.